The summed E-state index contributed by atoms with van der Waals surface area (Å²) in [5, 5.41) is 6.84. The molecule has 0 bridgehead atoms. The quantitative estimate of drug-likeness (QED) is 0.776. The summed E-state index contributed by atoms with van der Waals surface area (Å²) in [5.74, 6) is 0. The summed E-state index contributed by atoms with van der Waals surface area (Å²) in [6.45, 7) is 10.2. The molecule has 1 heterocycles. The van der Waals surface area contributed by atoms with Gasteiger partial charge < -0.3 is 10.1 Å². The van der Waals surface area contributed by atoms with E-state index in [1.165, 1.54) is 5.69 Å². The van der Waals surface area contributed by atoms with Crippen LogP contribution >= 0.6 is 11.3 Å². The molecule has 0 radical (unpaired) electrons. The molecule has 17 heavy (non-hydrogen) atoms. The summed E-state index contributed by atoms with van der Waals surface area (Å²) in [6, 6.07) is 0.358. The van der Waals surface area contributed by atoms with Gasteiger partial charge in [-0.05, 0) is 33.7 Å². The van der Waals surface area contributed by atoms with E-state index < -0.39 is 0 Å². The topological polar surface area (TPSA) is 34.2 Å². The molecule has 0 spiro atoms. The van der Waals surface area contributed by atoms with E-state index in [0.29, 0.717) is 6.04 Å². The van der Waals surface area contributed by atoms with Crippen LogP contribution in [0.4, 0.5) is 0 Å². The third-order valence-corrected chi connectivity index (χ3v) is 3.57. The zero-order chi connectivity index (χ0) is 12.7. The maximum Gasteiger partial charge on any atom is 0.0897 e. The van der Waals surface area contributed by atoms with Gasteiger partial charge in [0.2, 0.25) is 0 Å². The molecule has 0 amide bonds. The smallest absolute Gasteiger partial charge is 0.0897 e. The van der Waals surface area contributed by atoms with Crippen LogP contribution < -0.4 is 5.32 Å². The van der Waals surface area contributed by atoms with E-state index >= 15 is 0 Å². The lowest BCUT2D eigenvalue weighted by atomic mass is 10.1. The largest absolute Gasteiger partial charge is 0.377 e. The number of hydrogen-bond donors (Lipinski definition) is 1. The average molecular weight is 256 g/mol. The van der Waals surface area contributed by atoms with Gasteiger partial charge in [-0.2, -0.15) is 0 Å². The van der Waals surface area contributed by atoms with Crippen molar-refractivity contribution in [3.63, 3.8) is 0 Å². The summed E-state index contributed by atoms with van der Waals surface area (Å²) < 4.78 is 5.69. The van der Waals surface area contributed by atoms with Crippen LogP contribution in [0.5, 0.6) is 0 Å². The number of nitrogens with zero attached hydrogens (tertiary/aromatic N) is 1. The molecule has 0 aliphatic rings. The molecule has 98 valence electrons. The molecular formula is C13H24N2OS. The summed E-state index contributed by atoms with van der Waals surface area (Å²) in [6.07, 6.45) is 2.32. The van der Waals surface area contributed by atoms with Gasteiger partial charge in [0.05, 0.1) is 16.8 Å². The zero-order valence-electron chi connectivity index (χ0n) is 11.3. The summed E-state index contributed by atoms with van der Waals surface area (Å²) in [5.41, 5.74) is 1.17. The molecule has 0 fully saturated rings. The van der Waals surface area contributed by atoms with Crippen molar-refractivity contribution in [3.8, 4) is 0 Å². The van der Waals surface area contributed by atoms with Crippen LogP contribution in [0.1, 0.15) is 37.9 Å². The van der Waals surface area contributed by atoms with E-state index in [2.05, 4.69) is 36.5 Å². The van der Waals surface area contributed by atoms with E-state index in [4.69, 9.17) is 4.74 Å². The van der Waals surface area contributed by atoms with Gasteiger partial charge >= 0.3 is 0 Å². The summed E-state index contributed by atoms with van der Waals surface area (Å²) in [4.78, 5) is 4.52. The zero-order valence-corrected chi connectivity index (χ0v) is 12.1. The highest BCUT2D eigenvalue weighted by molar-refractivity contribution is 7.09. The van der Waals surface area contributed by atoms with Crippen molar-refractivity contribution < 1.29 is 4.74 Å². The minimum atomic E-state index is 0.230. The lowest BCUT2D eigenvalue weighted by Crippen LogP contribution is -2.42. The Morgan fingerprint density at radius 1 is 1.47 bits per heavy atom. The number of ether oxygens (including phenoxy) is 1. The Kier molecular flexibility index (Phi) is 6.70. The van der Waals surface area contributed by atoms with Crippen LogP contribution in [0.25, 0.3) is 0 Å². The van der Waals surface area contributed by atoms with Gasteiger partial charge in [-0.25, -0.2) is 4.98 Å². The fraction of sp³-hybridized carbons (Fsp3) is 0.769. The maximum atomic E-state index is 5.69. The molecule has 1 aromatic rings. The number of thiazole rings is 1. The van der Waals surface area contributed by atoms with E-state index in [1.54, 1.807) is 11.3 Å². The van der Waals surface area contributed by atoms with E-state index in [0.717, 1.165) is 31.0 Å². The second-order valence-electron chi connectivity index (χ2n) is 4.28. The molecule has 1 N–H and O–H groups in total. The highest BCUT2D eigenvalue weighted by Gasteiger charge is 2.18. The standard InChI is InChI=1S/C13H24N2OS/c1-5-7-14-13(10(3)16-6-2)8-12-9-17-11(4)15-12/h9-10,13-14H,5-8H2,1-4H3. The second kappa shape index (κ2) is 7.80. The first-order chi connectivity index (χ1) is 8.17. The molecule has 2 atom stereocenters. The van der Waals surface area contributed by atoms with Crippen molar-refractivity contribution in [2.45, 2.75) is 52.7 Å². The highest BCUT2D eigenvalue weighted by atomic mass is 32.1. The molecule has 4 heteroatoms. The summed E-state index contributed by atoms with van der Waals surface area (Å²) >= 11 is 1.72. The predicted molar refractivity (Wildman–Crippen MR) is 73.7 cm³/mol. The Morgan fingerprint density at radius 2 is 2.24 bits per heavy atom. The van der Waals surface area contributed by atoms with Gasteiger partial charge in [0.25, 0.3) is 0 Å². The fourth-order valence-electron chi connectivity index (χ4n) is 1.84. The molecule has 3 nitrogen and oxygen atoms in total. The minimum absolute atomic E-state index is 0.230. The van der Waals surface area contributed by atoms with E-state index in [9.17, 15) is 0 Å². The average Bonchev–Trinajstić information content (AvgIpc) is 2.70. The number of aromatic nitrogens is 1. The molecule has 1 aromatic heterocycles. The first-order valence-corrected chi connectivity index (χ1v) is 7.31. The van der Waals surface area contributed by atoms with Crippen LogP contribution in [-0.4, -0.2) is 30.3 Å². The van der Waals surface area contributed by atoms with Crippen molar-refractivity contribution in [3.05, 3.63) is 16.1 Å². The minimum Gasteiger partial charge on any atom is -0.377 e. The third-order valence-electron chi connectivity index (χ3n) is 2.75. The highest BCUT2D eigenvalue weighted by Crippen LogP contribution is 2.12. The molecule has 0 saturated heterocycles. The van der Waals surface area contributed by atoms with Gasteiger partial charge in [0, 0.05) is 24.4 Å². The number of aryl methyl sites for hydroxylation is 1. The van der Waals surface area contributed by atoms with Crippen LogP contribution in [0.15, 0.2) is 5.38 Å². The van der Waals surface area contributed by atoms with Crippen LogP contribution in [-0.2, 0) is 11.2 Å². The molecular weight excluding hydrogens is 232 g/mol. The first-order valence-electron chi connectivity index (χ1n) is 6.43. The molecule has 0 saturated carbocycles. The van der Waals surface area contributed by atoms with Crippen molar-refractivity contribution in [1.82, 2.24) is 10.3 Å². The van der Waals surface area contributed by atoms with Crippen LogP contribution in [0, 0.1) is 6.92 Å². The number of hydrogen-bond acceptors (Lipinski definition) is 4. The molecule has 0 aromatic carbocycles. The van der Waals surface area contributed by atoms with Crippen LogP contribution in [0.2, 0.25) is 0 Å². The van der Waals surface area contributed by atoms with E-state index in [-0.39, 0.29) is 6.10 Å². The normalized spacial score (nSPS) is 14.8. The molecule has 2 unspecified atom stereocenters. The lowest BCUT2D eigenvalue weighted by molar-refractivity contribution is 0.0474. The van der Waals surface area contributed by atoms with Gasteiger partial charge in [-0.15, -0.1) is 11.3 Å². The van der Waals surface area contributed by atoms with E-state index in [1.807, 2.05) is 6.92 Å². The molecule has 0 aliphatic carbocycles. The van der Waals surface area contributed by atoms with Gasteiger partial charge in [-0.3, -0.25) is 0 Å². The number of nitrogens with one attached hydrogen (secondary N) is 1. The van der Waals surface area contributed by atoms with Crippen molar-refractivity contribution in [1.29, 1.82) is 0 Å². The number of rotatable bonds is 8. The monoisotopic (exact) mass is 256 g/mol. The first kappa shape index (κ1) is 14.6. The van der Waals surface area contributed by atoms with Gasteiger partial charge in [0.15, 0.2) is 0 Å². The Hall–Kier alpha value is -0.450. The summed E-state index contributed by atoms with van der Waals surface area (Å²) in [7, 11) is 0. The van der Waals surface area contributed by atoms with Crippen molar-refractivity contribution in [2.75, 3.05) is 13.2 Å². The van der Waals surface area contributed by atoms with Crippen LogP contribution in [0.3, 0.4) is 0 Å². The lowest BCUT2D eigenvalue weighted by Gasteiger charge is -2.24. The SMILES string of the molecule is CCCNC(Cc1csc(C)n1)C(C)OCC. The third kappa shape index (κ3) is 5.15. The molecule has 0 aliphatic heterocycles. The predicted octanol–water partition coefficient (Wildman–Crippen LogP) is 2.79. The Labute approximate surface area is 109 Å². The van der Waals surface area contributed by atoms with Crippen molar-refractivity contribution in [2.24, 2.45) is 0 Å². The Balaban J connectivity index is 2.55. The Bertz CT molecular complexity index is 314. The van der Waals surface area contributed by atoms with Gasteiger partial charge in [-0.1, -0.05) is 6.92 Å². The fourth-order valence-corrected chi connectivity index (χ4v) is 2.47. The van der Waals surface area contributed by atoms with Crippen molar-refractivity contribution >= 4 is 11.3 Å². The Morgan fingerprint density at radius 3 is 2.76 bits per heavy atom. The maximum absolute atomic E-state index is 5.69. The van der Waals surface area contributed by atoms with Gasteiger partial charge in [0.1, 0.15) is 0 Å². The second-order valence-corrected chi connectivity index (χ2v) is 5.35. The molecule has 1 rings (SSSR count).